The van der Waals surface area contributed by atoms with Crippen molar-refractivity contribution < 1.29 is 4.79 Å². The predicted molar refractivity (Wildman–Crippen MR) is 73.0 cm³/mol. The summed E-state index contributed by atoms with van der Waals surface area (Å²) >= 11 is 3.36. The molecular weight excluding hydrogens is 280 g/mol. The second-order valence-corrected chi connectivity index (χ2v) is 5.57. The van der Waals surface area contributed by atoms with Gasteiger partial charge in [0.1, 0.15) is 0 Å². The fraction of sp³-hybridized carbons (Fsp3) is 0.462. The van der Waals surface area contributed by atoms with E-state index in [4.69, 9.17) is 5.73 Å². The van der Waals surface area contributed by atoms with Crippen LogP contribution in [-0.2, 0) is 0 Å². The molecule has 1 aliphatic carbocycles. The molecule has 4 heteroatoms. The summed E-state index contributed by atoms with van der Waals surface area (Å²) in [5.74, 6) is 0.806. The SMILES string of the molecule is Cc1c(N)cc(Br)cc1C(=O)NCCC1CC1. The number of nitrogens with one attached hydrogen (secondary N) is 1. The largest absolute Gasteiger partial charge is 0.398 e. The van der Waals surface area contributed by atoms with Crippen molar-refractivity contribution in [3.05, 3.63) is 27.7 Å². The molecule has 17 heavy (non-hydrogen) atoms. The molecule has 1 aromatic carbocycles. The highest BCUT2D eigenvalue weighted by molar-refractivity contribution is 9.10. The lowest BCUT2D eigenvalue weighted by Crippen LogP contribution is -2.25. The molecular formula is C13H17BrN2O. The van der Waals surface area contributed by atoms with Crippen molar-refractivity contribution in [2.75, 3.05) is 12.3 Å². The van der Waals surface area contributed by atoms with E-state index in [0.717, 1.165) is 28.9 Å². The van der Waals surface area contributed by atoms with Gasteiger partial charge in [0.15, 0.2) is 0 Å². The monoisotopic (exact) mass is 296 g/mol. The molecule has 1 aromatic rings. The average Bonchev–Trinajstić information content (AvgIpc) is 3.07. The van der Waals surface area contributed by atoms with Crippen molar-refractivity contribution in [1.29, 1.82) is 0 Å². The van der Waals surface area contributed by atoms with Crippen molar-refractivity contribution in [1.82, 2.24) is 5.32 Å². The fourth-order valence-electron chi connectivity index (χ4n) is 1.83. The second-order valence-electron chi connectivity index (χ2n) is 4.66. The Kier molecular flexibility index (Phi) is 3.72. The Morgan fingerprint density at radius 1 is 1.53 bits per heavy atom. The minimum absolute atomic E-state index is 0.0313. The second kappa shape index (κ2) is 5.08. The zero-order chi connectivity index (χ0) is 12.4. The van der Waals surface area contributed by atoms with Gasteiger partial charge >= 0.3 is 0 Å². The lowest BCUT2D eigenvalue weighted by atomic mass is 10.1. The highest BCUT2D eigenvalue weighted by Gasteiger charge is 2.21. The number of amides is 1. The minimum atomic E-state index is -0.0313. The van der Waals surface area contributed by atoms with Gasteiger partial charge in [0.2, 0.25) is 0 Å². The van der Waals surface area contributed by atoms with Crippen molar-refractivity contribution in [2.24, 2.45) is 5.92 Å². The lowest BCUT2D eigenvalue weighted by Gasteiger charge is -2.10. The molecule has 0 spiro atoms. The molecule has 0 atom stereocenters. The molecule has 1 aliphatic rings. The molecule has 92 valence electrons. The molecule has 1 saturated carbocycles. The first-order valence-corrected chi connectivity index (χ1v) is 6.71. The summed E-state index contributed by atoms with van der Waals surface area (Å²) in [6.45, 7) is 2.63. The lowest BCUT2D eigenvalue weighted by molar-refractivity contribution is 0.0952. The number of nitrogen functional groups attached to an aromatic ring is 1. The van der Waals surface area contributed by atoms with E-state index in [9.17, 15) is 4.79 Å². The smallest absolute Gasteiger partial charge is 0.251 e. The molecule has 0 saturated heterocycles. The number of carbonyl (C=O) groups excluding carboxylic acids is 1. The number of carbonyl (C=O) groups is 1. The van der Waals surface area contributed by atoms with E-state index < -0.39 is 0 Å². The highest BCUT2D eigenvalue weighted by atomic mass is 79.9. The van der Waals surface area contributed by atoms with E-state index in [-0.39, 0.29) is 5.91 Å². The van der Waals surface area contributed by atoms with Gasteiger partial charge in [-0.1, -0.05) is 28.8 Å². The molecule has 1 fully saturated rings. The Labute approximate surface area is 110 Å². The van der Waals surface area contributed by atoms with Crippen LogP contribution in [0, 0.1) is 12.8 Å². The third-order valence-corrected chi connectivity index (χ3v) is 3.65. The minimum Gasteiger partial charge on any atom is -0.398 e. The Morgan fingerprint density at radius 2 is 2.24 bits per heavy atom. The fourth-order valence-corrected chi connectivity index (χ4v) is 2.30. The van der Waals surface area contributed by atoms with E-state index in [0.29, 0.717) is 11.3 Å². The first-order valence-electron chi connectivity index (χ1n) is 5.91. The van der Waals surface area contributed by atoms with Crippen LogP contribution in [0.1, 0.15) is 35.2 Å². The average molecular weight is 297 g/mol. The maximum atomic E-state index is 12.0. The normalized spacial score (nSPS) is 14.7. The Balaban J connectivity index is 2.01. The van der Waals surface area contributed by atoms with E-state index >= 15 is 0 Å². The molecule has 0 unspecified atom stereocenters. The maximum absolute atomic E-state index is 12.0. The molecule has 3 N–H and O–H groups in total. The number of halogens is 1. The summed E-state index contributed by atoms with van der Waals surface area (Å²) < 4.78 is 0.841. The molecule has 2 rings (SSSR count). The number of hydrogen-bond donors (Lipinski definition) is 2. The predicted octanol–water partition coefficient (Wildman–Crippen LogP) is 2.87. The standard InChI is InChI=1S/C13H17BrN2O/c1-8-11(6-10(14)7-12(8)15)13(17)16-5-4-9-2-3-9/h6-7,9H,2-5,15H2,1H3,(H,16,17). The zero-order valence-electron chi connectivity index (χ0n) is 9.92. The van der Waals surface area contributed by atoms with Gasteiger partial charge in [-0.15, -0.1) is 0 Å². The summed E-state index contributed by atoms with van der Waals surface area (Å²) in [7, 11) is 0. The van der Waals surface area contributed by atoms with Crippen molar-refractivity contribution >= 4 is 27.5 Å². The molecule has 0 bridgehead atoms. The zero-order valence-corrected chi connectivity index (χ0v) is 11.5. The number of hydrogen-bond acceptors (Lipinski definition) is 2. The summed E-state index contributed by atoms with van der Waals surface area (Å²) in [4.78, 5) is 12.0. The topological polar surface area (TPSA) is 55.1 Å². The molecule has 0 aliphatic heterocycles. The van der Waals surface area contributed by atoms with Gasteiger partial charge in [0, 0.05) is 22.3 Å². The van der Waals surface area contributed by atoms with Crippen molar-refractivity contribution in [2.45, 2.75) is 26.2 Å². The first-order chi connectivity index (χ1) is 8.08. The molecule has 1 amide bonds. The first kappa shape index (κ1) is 12.4. The third kappa shape index (κ3) is 3.22. The Morgan fingerprint density at radius 3 is 2.88 bits per heavy atom. The van der Waals surface area contributed by atoms with E-state index in [2.05, 4.69) is 21.2 Å². The van der Waals surface area contributed by atoms with Gasteiger partial charge in [-0.2, -0.15) is 0 Å². The maximum Gasteiger partial charge on any atom is 0.251 e. The van der Waals surface area contributed by atoms with Crippen LogP contribution in [0.15, 0.2) is 16.6 Å². The van der Waals surface area contributed by atoms with Crippen LogP contribution in [0.2, 0.25) is 0 Å². The quantitative estimate of drug-likeness (QED) is 0.840. The Bertz CT molecular complexity index is 441. The van der Waals surface area contributed by atoms with E-state index in [1.54, 1.807) is 0 Å². The van der Waals surface area contributed by atoms with Gasteiger partial charge in [0.05, 0.1) is 0 Å². The van der Waals surface area contributed by atoms with Crippen LogP contribution in [0.5, 0.6) is 0 Å². The van der Waals surface area contributed by atoms with Crippen LogP contribution in [0.4, 0.5) is 5.69 Å². The van der Waals surface area contributed by atoms with Gasteiger partial charge in [-0.25, -0.2) is 0 Å². The molecule has 0 radical (unpaired) electrons. The van der Waals surface area contributed by atoms with Gasteiger partial charge in [-0.05, 0) is 37.0 Å². The number of anilines is 1. The highest BCUT2D eigenvalue weighted by Crippen LogP contribution is 2.31. The summed E-state index contributed by atoms with van der Waals surface area (Å²) in [6, 6.07) is 3.63. The van der Waals surface area contributed by atoms with Gasteiger partial charge in [0.25, 0.3) is 5.91 Å². The van der Waals surface area contributed by atoms with Gasteiger partial charge < -0.3 is 11.1 Å². The molecule has 0 aromatic heterocycles. The van der Waals surface area contributed by atoms with E-state index in [1.165, 1.54) is 12.8 Å². The van der Waals surface area contributed by atoms with Gasteiger partial charge in [-0.3, -0.25) is 4.79 Å². The van der Waals surface area contributed by atoms with Crippen LogP contribution >= 0.6 is 15.9 Å². The van der Waals surface area contributed by atoms with Crippen LogP contribution < -0.4 is 11.1 Å². The van der Waals surface area contributed by atoms with Crippen molar-refractivity contribution in [3.63, 3.8) is 0 Å². The van der Waals surface area contributed by atoms with Crippen LogP contribution in [0.3, 0.4) is 0 Å². The number of nitrogens with two attached hydrogens (primary N) is 1. The summed E-state index contributed by atoms with van der Waals surface area (Å²) in [6.07, 6.45) is 3.73. The summed E-state index contributed by atoms with van der Waals surface area (Å²) in [5, 5.41) is 2.95. The number of rotatable bonds is 4. The van der Waals surface area contributed by atoms with Crippen molar-refractivity contribution in [3.8, 4) is 0 Å². The Hall–Kier alpha value is -1.03. The van der Waals surface area contributed by atoms with E-state index in [1.807, 2.05) is 19.1 Å². The molecule has 3 nitrogen and oxygen atoms in total. The van der Waals surface area contributed by atoms with Crippen LogP contribution in [-0.4, -0.2) is 12.5 Å². The summed E-state index contributed by atoms with van der Waals surface area (Å²) in [5.41, 5.74) is 7.99. The molecule has 0 heterocycles. The third-order valence-electron chi connectivity index (χ3n) is 3.19. The van der Waals surface area contributed by atoms with Crippen LogP contribution in [0.25, 0.3) is 0 Å². The number of benzene rings is 1.